The molecule has 1 aliphatic rings. The molecule has 4 aromatic rings. The summed E-state index contributed by atoms with van der Waals surface area (Å²) in [7, 11) is 0. The molecule has 0 unspecified atom stereocenters. The molecule has 2 heterocycles. The normalized spacial score (nSPS) is 12.5. The zero-order chi connectivity index (χ0) is 24.2. The largest absolute Gasteiger partial charge is 0.492 e. The van der Waals surface area contributed by atoms with Crippen molar-refractivity contribution in [2.45, 2.75) is 13.1 Å². The van der Waals surface area contributed by atoms with Crippen molar-refractivity contribution in [1.82, 2.24) is 19.7 Å². The van der Waals surface area contributed by atoms with Gasteiger partial charge in [-0.15, -0.1) is 0 Å². The first-order valence-electron chi connectivity index (χ1n) is 11.0. The van der Waals surface area contributed by atoms with Gasteiger partial charge in [0.15, 0.2) is 0 Å². The molecule has 9 nitrogen and oxygen atoms in total. The Morgan fingerprint density at radius 3 is 2.54 bits per heavy atom. The molecule has 1 aromatic heterocycles. The molecule has 3 amide bonds. The van der Waals surface area contributed by atoms with E-state index in [2.05, 4.69) is 15.4 Å². The maximum absolute atomic E-state index is 12.9. The van der Waals surface area contributed by atoms with E-state index in [0.29, 0.717) is 30.2 Å². The van der Waals surface area contributed by atoms with Crippen LogP contribution < -0.4 is 10.1 Å². The van der Waals surface area contributed by atoms with Gasteiger partial charge in [0, 0.05) is 17.3 Å². The summed E-state index contributed by atoms with van der Waals surface area (Å²) in [5.41, 5.74) is 2.20. The van der Waals surface area contributed by atoms with E-state index < -0.39 is 11.8 Å². The van der Waals surface area contributed by atoms with Crippen LogP contribution >= 0.6 is 0 Å². The smallest absolute Gasteiger partial charge is 0.261 e. The standard InChI is InChI=1S/C26H21N5O4/c32-24(29-20-7-4-8-21(14-20)35-12-11-30-17-27-16-28-30)19-9-10-22-23(13-19)26(34)31(25(22)33)15-18-5-2-1-3-6-18/h1-10,13-14,16-17H,11-12,15H2,(H,29,32). The molecule has 0 atom stereocenters. The van der Waals surface area contributed by atoms with E-state index in [4.69, 9.17) is 4.74 Å². The Labute approximate surface area is 201 Å². The first-order valence-corrected chi connectivity index (χ1v) is 11.0. The highest BCUT2D eigenvalue weighted by Crippen LogP contribution is 2.26. The van der Waals surface area contributed by atoms with Crippen LogP contribution in [0.2, 0.25) is 0 Å². The summed E-state index contributed by atoms with van der Waals surface area (Å²) in [6.07, 6.45) is 3.06. The lowest BCUT2D eigenvalue weighted by Gasteiger charge is -2.13. The van der Waals surface area contributed by atoms with Gasteiger partial charge in [-0.05, 0) is 35.9 Å². The summed E-state index contributed by atoms with van der Waals surface area (Å²) in [5, 5.41) is 6.83. The zero-order valence-corrected chi connectivity index (χ0v) is 18.6. The molecule has 1 aliphatic heterocycles. The molecule has 1 N–H and O–H groups in total. The van der Waals surface area contributed by atoms with E-state index in [-0.39, 0.29) is 23.6 Å². The second-order valence-electron chi connectivity index (χ2n) is 7.93. The van der Waals surface area contributed by atoms with E-state index >= 15 is 0 Å². The average Bonchev–Trinajstić information content (AvgIpc) is 3.48. The number of ether oxygens (including phenoxy) is 1. The summed E-state index contributed by atoms with van der Waals surface area (Å²) in [4.78, 5) is 43.6. The van der Waals surface area contributed by atoms with E-state index in [1.54, 1.807) is 41.3 Å². The third-order valence-corrected chi connectivity index (χ3v) is 5.56. The Hall–Kier alpha value is -4.79. The number of nitrogens with one attached hydrogen (secondary N) is 1. The van der Waals surface area contributed by atoms with Crippen molar-refractivity contribution in [2.24, 2.45) is 0 Å². The van der Waals surface area contributed by atoms with Crippen molar-refractivity contribution in [1.29, 1.82) is 0 Å². The number of benzene rings is 3. The van der Waals surface area contributed by atoms with Gasteiger partial charge in [0.25, 0.3) is 17.7 Å². The number of anilines is 1. The number of carbonyl (C=O) groups excluding carboxylic acids is 3. The monoisotopic (exact) mass is 467 g/mol. The first-order chi connectivity index (χ1) is 17.1. The quantitative estimate of drug-likeness (QED) is 0.398. The van der Waals surface area contributed by atoms with Crippen LogP contribution in [0.4, 0.5) is 5.69 Å². The molecule has 9 heteroatoms. The van der Waals surface area contributed by atoms with Crippen molar-refractivity contribution in [3.63, 3.8) is 0 Å². The van der Waals surface area contributed by atoms with E-state index in [1.165, 1.54) is 23.4 Å². The number of imide groups is 1. The third-order valence-electron chi connectivity index (χ3n) is 5.56. The first kappa shape index (κ1) is 22.0. The van der Waals surface area contributed by atoms with Crippen molar-refractivity contribution in [3.05, 3.63) is 108 Å². The summed E-state index contributed by atoms with van der Waals surface area (Å²) >= 11 is 0. The third kappa shape index (κ3) is 4.79. The minimum absolute atomic E-state index is 0.179. The van der Waals surface area contributed by atoms with Gasteiger partial charge in [0.1, 0.15) is 25.0 Å². The van der Waals surface area contributed by atoms with Crippen molar-refractivity contribution in [2.75, 3.05) is 11.9 Å². The lowest BCUT2D eigenvalue weighted by Crippen LogP contribution is -2.29. The highest BCUT2D eigenvalue weighted by atomic mass is 16.5. The fraction of sp³-hybridized carbons (Fsp3) is 0.115. The molecule has 174 valence electrons. The van der Waals surface area contributed by atoms with Gasteiger partial charge in [0.05, 0.1) is 24.2 Å². The van der Waals surface area contributed by atoms with Crippen LogP contribution in [0.5, 0.6) is 5.75 Å². The summed E-state index contributed by atoms with van der Waals surface area (Å²) in [6.45, 7) is 1.11. The number of nitrogens with zero attached hydrogens (tertiary/aromatic N) is 4. The Kier molecular flexibility index (Phi) is 6.04. The Morgan fingerprint density at radius 1 is 0.914 bits per heavy atom. The highest BCUT2D eigenvalue weighted by Gasteiger charge is 2.36. The zero-order valence-electron chi connectivity index (χ0n) is 18.6. The molecule has 0 fully saturated rings. The maximum Gasteiger partial charge on any atom is 0.261 e. The number of aromatic nitrogens is 3. The molecule has 0 radical (unpaired) electrons. The van der Waals surface area contributed by atoms with Gasteiger partial charge in [0.2, 0.25) is 0 Å². The van der Waals surface area contributed by atoms with Crippen LogP contribution in [0.25, 0.3) is 0 Å². The predicted molar refractivity (Wildman–Crippen MR) is 127 cm³/mol. The number of amides is 3. The van der Waals surface area contributed by atoms with E-state index in [9.17, 15) is 14.4 Å². The lowest BCUT2D eigenvalue weighted by molar-refractivity contribution is 0.0642. The van der Waals surface area contributed by atoms with Crippen LogP contribution in [0.15, 0.2) is 85.5 Å². The molecule has 35 heavy (non-hydrogen) atoms. The second kappa shape index (κ2) is 9.60. The Balaban J connectivity index is 1.25. The molecule has 0 bridgehead atoms. The van der Waals surface area contributed by atoms with E-state index in [0.717, 1.165) is 5.56 Å². The Morgan fingerprint density at radius 2 is 1.74 bits per heavy atom. The van der Waals surface area contributed by atoms with Gasteiger partial charge in [-0.1, -0.05) is 36.4 Å². The predicted octanol–water partition coefficient (Wildman–Crippen LogP) is 3.41. The van der Waals surface area contributed by atoms with E-state index in [1.807, 2.05) is 30.3 Å². The van der Waals surface area contributed by atoms with Crippen molar-refractivity contribution in [3.8, 4) is 5.75 Å². The lowest BCUT2D eigenvalue weighted by atomic mass is 10.1. The highest BCUT2D eigenvalue weighted by molar-refractivity contribution is 6.22. The molecule has 0 saturated heterocycles. The molecule has 5 rings (SSSR count). The number of hydrogen-bond donors (Lipinski definition) is 1. The summed E-state index contributed by atoms with van der Waals surface area (Å²) < 4.78 is 7.39. The molecular formula is C26H21N5O4. The molecule has 3 aromatic carbocycles. The molecule has 0 aliphatic carbocycles. The molecular weight excluding hydrogens is 446 g/mol. The maximum atomic E-state index is 12.9. The van der Waals surface area contributed by atoms with Gasteiger partial charge < -0.3 is 10.1 Å². The van der Waals surface area contributed by atoms with Crippen molar-refractivity contribution >= 4 is 23.4 Å². The molecule has 0 spiro atoms. The number of carbonyl (C=O) groups is 3. The van der Waals surface area contributed by atoms with Gasteiger partial charge in [-0.25, -0.2) is 9.67 Å². The summed E-state index contributed by atoms with van der Waals surface area (Å²) in [5.74, 6) is -0.577. The van der Waals surface area contributed by atoms with Crippen LogP contribution in [0, 0.1) is 0 Å². The van der Waals surface area contributed by atoms with Crippen LogP contribution in [0.1, 0.15) is 36.6 Å². The van der Waals surface area contributed by atoms with Gasteiger partial charge in [-0.3, -0.25) is 19.3 Å². The summed E-state index contributed by atoms with van der Waals surface area (Å²) in [6, 6.07) is 20.8. The topological polar surface area (TPSA) is 106 Å². The minimum atomic E-state index is -0.411. The minimum Gasteiger partial charge on any atom is -0.492 e. The number of hydrogen-bond acceptors (Lipinski definition) is 6. The fourth-order valence-electron chi connectivity index (χ4n) is 3.81. The number of rotatable bonds is 8. The molecule has 0 saturated carbocycles. The van der Waals surface area contributed by atoms with Gasteiger partial charge in [-0.2, -0.15) is 5.10 Å². The van der Waals surface area contributed by atoms with Crippen LogP contribution in [-0.4, -0.2) is 44.0 Å². The van der Waals surface area contributed by atoms with Gasteiger partial charge >= 0.3 is 0 Å². The van der Waals surface area contributed by atoms with Crippen LogP contribution in [-0.2, 0) is 13.1 Å². The fourth-order valence-corrected chi connectivity index (χ4v) is 3.81. The SMILES string of the molecule is O=C(Nc1cccc(OCCn2cncn2)c1)c1ccc2c(c1)C(=O)N(Cc1ccccc1)C2=O. The Bertz CT molecular complexity index is 1390. The van der Waals surface area contributed by atoms with Crippen LogP contribution in [0.3, 0.4) is 0 Å². The second-order valence-corrected chi connectivity index (χ2v) is 7.93. The average molecular weight is 467 g/mol. The number of fused-ring (bicyclic) bond motifs is 1. The van der Waals surface area contributed by atoms with Crippen molar-refractivity contribution < 1.29 is 19.1 Å².